The van der Waals surface area contributed by atoms with E-state index in [-0.39, 0.29) is 27.9 Å². The van der Waals surface area contributed by atoms with E-state index in [1.54, 1.807) is 18.2 Å². The standard InChI is InChI=1S/C21H16N4O5/c22-14-7-2-6-13-17(14)21(28)23-15-8-3-9-16(26)18(15)19(24(23)20(13)27)11-4-1-5-12(10-11)25(29)30/h1-2,4-7,10,19H,3,8-9,22H2. The third-order valence-corrected chi connectivity index (χ3v) is 5.76. The minimum atomic E-state index is -0.904. The third-order valence-electron chi connectivity index (χ3n) is 5.76. The van der Waals surface area contributed by atoms with Crippen LogP contribution >= 0.6 is 0 Å². The van der Waals surface area contributed by atoms with E-state index in [1.165, 1.54) is 33.6 Å². The number of ketones is 1. The van der Waals surface area contributed by atoms with Gasteiger partial charge in [-0.3, -0.25) is 24.5 Å². The highest BCUT2D eigenvalue weighted by molar-refractivity contribution is 6.04. The number of carbonyl (C=O) groups is 1. The topological polar surface area (TPSA) is 130 Å². The number of nitrogens with two attached hydrogens (primary N) is 1. The summed E-state index contributed by atoms with van der Waals surface area (Å²) in [5.74, 6) is -0.167. The number of benzene rings is 2. The van der Waals surface area contributed by atoms with Gasteiger partial charge in [0.05, 0.1) is 21.4 Å². The first-order chi connectivity index (χ1) is 14.4. The van der Waals surface area contributed by atoms with Crippen molar-refractivity contribution in [1.82, 2.24) is 9.36 Å². The van der Waals surface area contributed by atoms with Crippen molar-refractivity contribution in [3.05, 3.63) is 84.4 Å². The number of nitro benzene ring substituents is 1. The van der Waals surface area contributed by atoms with Crippen LogP contribution in [-0.4, -0.2) is 20.1 Å². The van der Waals surface area contributed by atoms with E-state index in [4.69, 9.17) is 5.73 Å². The van der Waals surface area contributed by atoms with Crippen LogP contribution in [-0.2, 0) is 4.79 Å². The summed E-state index contributed by atoms with van der Waals surface area (Å²) in [7, 11) is 0. The molecule has 9 heteroatoms. The molecule has 0 saturated heterocycles. The number of nitrogens with zero attached hydrogens (tertiary/aromatic N) is 3. The number of hydrogen-bond acceptors (Lipinski definition) is 6. The van der Waals surface area contributed by atoms with E-state index < -0.39 is 22.1 Å². The van der Waals surface area contributed by atoms with Crippen LogP contribution in [0.2, 0.25) is 0 Å². The number of Topliss-reactive ketones (excluding diaryl/α,β-unsaturated/α-hetero) is 1. The minimum absolute atomic E-state index is 0.114. The Morgan fingerprint density at radius 2 is 1.80 bits per heavy atom. The quantitative estimate of drug-likeness (QED) is 0.396. The van der Waals surface area contributed by atoms with Crippen molar-refractivity contribution in [2.24, 2.45) is 0 Å². The Hall–Kier alpha value is -4.01. The second-order valence-corrected chi connectivity index (χ2v) is 7.43. The Morgan fingerprint density at radius 1 is 1.03 bits per heavy atom. The molecule has 0 bridgehead atoms. The number of rotatable bonds is 2. The SMILES string of the molecule is Nc1cccc2c(=O)n3n(c(=O)c12)C1=C(C(=O)CCC1)C3c1cccc([N+](=O)[O-])c1. The smallest absolute Gasteiger partial charge is 0.279 e. The first-order valence-electron chi connectivity index (χ1n) is 9.47. The zero-order chi connectivity index (χ0) is 21.2. The fourth-order valence-corrected chi connectivity index (χ4v) is 4.51. The molecule has 0 fully saturated rings. The fourth-order valence-electron chi connectivity index (χ4n) is 4.51. The summed E-state index contributed by atoms with van der Waals surface area (Å²) in [5.41, 5.74) is 6.29. The molecule has 0 radical (unpaired) electrons. The lowest BCUT2D eigenvalue weighted by molar-refractivity contribution is -0.384. The summed E-state index contributed by atoms with van der Waals surface area (Å²) in [6.07, 6.45) is 1.30. The maximum absolute atomic E-state index is 13.5. The molecule has 1 aromatic heterocycles. The highest BCUT2D eigenvalue weighted by atomic mass is 16.6. The average molecular weight is 404 g/mol. The summed E-state index contributed by atoms with van der Waals surface area (Å²) < 4.78 is 2.49. The second-order valence-electron chi connectivity index (χ2n) is 7.43. The van der Waals surface area contributed by atoms with Crippen LogP contribution in [0.1, 0.15) is 30.9 Å². The molecule has 0 amide bonds. The maximum atomic E-state index is 13.5. The molecule has 1 aliphatic carbocycles. The number of hydrogen-bond donors (Lipinski definition) is 1. The van der Waals surface area contributed by atoms with E-state index in [0.717, 1.165) is 0 Å². The van der Waals surface area contributed by atoms with Gasteiger partial charge in [0.25, 0.3) is 16.8 Å². The number of aromatic nitrogens is 2. The van der Waals surface area contributed by atoms with E-state index >= 15 is 0 Å². The number of anilines is 1. The molecule has 5 rings (SSSR count). The molecule has 1 unspecified atom stereocenters. The van der Waals surface area contributed by atoms with Crippen LogP contribution in [0.3, 0.4) is 0 Å². The number of carbonyl (C=O) groups excluding carboxylic acids is 1. The molecular formula is C21H16N4O5. The molecule has 2 N–H and O–H groups in total. The minimum Gasteiger partial charge on any atom is -0.398 e. The van der Waals surface area contributed by atoms with Crippen molar-refractivity contribution in [2.45, 2.75) is 25.3 Å². The van der Waals surface area contributed by atoms with E-state index in [0.29, 0.717) is 36.1 Å². The van der Waals surface area contributed by atoms with Crippen molar-refractivity contribution in [3.8, 4) is 0 Å². The maximum Gasteiger partial charge on any atom is 0.279 e. The van der Waals surface area contributed by atoms with Crippen LogP contribution in [0.15, 0.2) is 57.6 Å². The average Bonchev–Trinajstić information content (AvgIpc) is 3.09. The lowest BCUT2D eigenvalue weighted by Gasteiger charge is -2.18. The van der Waals surface area contributed by atoms with E-state index in [9.17, 15) is 24.5 Å². The summed E-state index contributed by atoms with van der Waals surface area (Å²) in [4.78, 5) is 50.5. The van der Waals surface area contributed by atoms with Crippen molar-refractivity contribution in [3.63, 3.8) is 0 Å². The van der Waals surface area contributed by atoms with Crippen LogP contribution in [0.25, 0.3) is 16.5 Å². The van der Waals surface area contributed by atoms with Crippen molar-refractivity contribution in [1.29, 1.82) is 0 Å². The summed E-state index contributed by atoms with van der Waals surface area (Å²) in [6.45, 7) is 0. The van der Waals surface area contributed by atoms with Crippen LogP contribution in [0.5, 0.6) is 0 Å². The Bertz CT molecular complexity index is 1430. The molecule has 0 saturated carbocycles. The molecule has 1 atom stereocenters. The second kappa shape index (κ2) is 6.24. The molecule has 9 nitrogen and oxygen atoms in total. The molecule has 2 aromatic carbocycles. The monoisotopic (exact) mass is 404 g/mol. The molecule has 30 heavy (non-hydrogen) atoms. The number of nitro groups is 1. The molecular weight excluding hydrogens is 388 g/mol. The zero-order valence-electron chi connectivity index (χ0n) is 15.7. The van der Waals surface area contributed by atoms with Crippen LogP contribution in [0.4, 0.5) is 11.4 Å². The number of allylic oxidation sites excluding steroid dienone is 2. The molecule has 2 aliphatic rings. The van der Waals surface area contributed by atoms with Gasteiger partial charge in [-0.15, -0.1) is 0 Å². The number of non-ortho nitro benzene ring substituents is 1. The van der Waals surface area contributed by atoms with Crippen LogP contribution < -0.4 is 16.9 Å². The van der Waals surface area contributed by atoms with Gasteiger partial charge >= 0.3 is 0 Å². The Labute approximate surface area is 168 Å². The molecule has 2 heterocycles. The number of nitrogen functional groups attached to an aromatic ring is 1. The summed E-state index contributed by atoms with van der Waals surface area (Å²) in [5, 5.41) is 11.5. The van der Waals surface area contributed by atoms with Gasteiger partial charge < -0.3 is 5.73 Å². The summed E-state index contributed by atoms with van der Waals surface area (Å²) >= 11 is 0. The predicted molar refractivity (Wildman–Crippen MR) is 110 cm³/mol. The van der Waals surface area contributed by atoms with Gasteiger partial charge in [-0.05, 0) is 30.5 Å². The van der Waals surface area contributed by atoms with Gasteiger partial charge in [-0.25, -0.2) is 9.36 Å². The number of fused-ring (bicyclic) bond motifs is 3. The Morgan fingerprint density at radius 3 is 2.57 bits per heavy atom. The molecule has 1 aliphatic heterocycles. The van der Waals surface area contributed by atoms with Gasteiger partial charge in [-0.1, -0.05) is 18.2 Å². The highest BCUT2D eigenvalue weighted by Gasteiger charge is 2.40. The van der Waals surface area contributed by atoms with E-state index in [2.05, 4.69) is 0 Å². The first-order valence-corrected chi connectivity index (χ1v) is 9.47. The fraction of sp³-hybridized carbons (Fsp3) is 0.190. The van der Waals surface area contributed by atoms with Crippen molar-refractivity contribution in [2.75, 3.05) is 5.73 Å². The lowest BCUT2D eigenvalue weighted by atomic mass is 9.88. The van der Waals surface area contributed by atoms with Gasteiger partial charge in [0.2, 0.25) is 0 Å². The van der Waals surface area contributed by atoms with Gasteiger partial charge in [-0.2, -0.15) is 0 Å². The van der Waals surface area contributed by atoms with Gasteiger partial charge in [0, 0.05) is 29.8 Å². The Balaban J connectivity index is 1.92. The summed E-state index contributed by atoms with van der Waals surface area (Å²) in [6, 6.07) is 9.57. The van der Waals surface area contributed by atoms with Crippen molar-refractivity contribution < 1.29 is 9.72 Å². The molecule has 3 aromatic rings. The van der Waals surface area contributed by atoms with Crippen LogP contribution in [0, 0.1) is 10.1 Å². The van der Waals surface area contributed by atoms with Crippen molar-refractivity contribution >= 4 is 33.6 Å². The first kappa shape index (κ1) is 18.0. The van der Waals surface area contributed by atoms with Gasteiger partial charge in [0.1, 0.15) is 6.04 Å². The predicted octanol–water partition coefficient (Wildman–Crippen LogP) is 2.22. The Kier molecular flexibility index (Phi) is 3.76. The zero-order valence-corrected chi connectivity index (χ0v) is 15.7. The normalized spacial score (nSPS) is 17.9. The highest BCUT2D eigenvalue weighted by Crippen LogP contribution is 2.41. The third kappa shape index (κ3) is 2.32. The molecule has 150 valence electrons. The lowest BCUT2D eigenvalue weighted by Crippen LogP contribution is -2.37. The largest absolute Gasteiger partial charge is 0.398 e. The molecule has 0 spiro atoms. The van der Waals surface area contributed by atoms with Gasteiger partial charge in [0.15, 0.2) is 5.78 Å². The van der Waals surface area contributed by atoms with E-state index in [1.807, 2.05) is 0 Å².